The van der Waals surface area contributed by atoms with Crippen LogP contribution in [0, 0.1) is 0 Å². The number of hydrogen-bond acceptors (Lipinski definition) is 2. The van der Waals surface area contributed by atoms with Crippen molar-refractivity contribution in [3.8, 4) is 33.4 Å². The smallest absolute Gasteiger partial charge is 0.0715 e. The maximum atomic E-state index is 2.58. The van der Waals surface area contributed by atoms with E-state index in [1.54, 1.807) is 0 Å². The molecule has 3 aliphatic rings. The topological polar surface area (TPSA) is 6.48 Å². The van der Waals surface area contributed by atoms with Gasteiger partial charge >= 0.3 is 0 Å². The highest BCUT2D eigenvalue weighted by molar-refractivity contribution is 6.01. The molecule has 0 bridgehead atoms. The number of hydrogen-bond donors (Lipinski definition) is 0. The van der Waals surface area contributed by atoms with Gasteiger partial charge in [-0.05, 0) is 159 Å². The van der Waals surface area contributed by atoms with Crippen LogP contribution in [-0.4, -0.2) is 0 Å². The Balaban J connectivity index is 1.16. The number of para-hydroxylation sites is 2. The minimum absolute atomic E-state index is 0.0889. The van der Waals surface area contributed by atoms with Gasteiger partial charge in [-0.2, -0.15) is 0 Å². The lowest BCUT2D eigenvalue weighted by Crippen LogP contribution is -2.29. The standard InChI is InChI=1S/C71H60N2/c1-5-69(6-2)61-38-24-21-35-56(61)58-43-41-53(45-64(58)69)72(51-31-17-11-18-32-51)55-47-66-68(60-37-23-26-40-63(60)71(66,49-27-13-9-14-28-49)50-29-15-10-16-30-50)67(48-55)73(52-33-19-12-20-34-52)54-42-44-59-57-36-22-25-39-62(57)70(7-3,8-4)65(59)46-54/h9-48H,5-8H2,1-4H3. The molecule has 0 amide bonds. The van der Waals surface area contributed by atoms with Crippen LogP contribution in [0.4, 0.5) is 34.1 Å². The van der Waals surface area contributed by atoms with E-state index in [1.165, 1.54) is 77.9 Å². The Morgan fingerprint density at radius 3 is 1.12 bits per heavy atom. The first kappa shape index (κ1) is 44.7. The fourth-order valence-corrected chi connectivity index (χ4v) is 14.1. The lowest BCUT2D eigenvalue weighted by Gasteiger charge is -2.37. The van der Waals surface area contributed by atoms with Crippen LogP contribution < -0.4 is 9.80 Å². The largest absolute Gasteiger partial charge is 0.310 e. The first-order valence-corrected chi connectivity index (χ1v) is 26.6. The molecule has 2 heteroatoms. The van der Waals surface area contributed by atoms with Crippen molar-refractivity contribution in [2.24, 2.45) is 0 Å². The Kier molecular flexibility index (Phi) is 10.7. The van der Waals surface area contributed by atoms with Crippen LogP contribution in [0.2, 0.25) is 0 Å². The minimum Gasteiger partial charge on any atom is -0.310 e. The summed E-state index contributed by atoms with van der Waals surface area (Å²) in [6.07, 6.45) is 4.09. The molecule has 0 N–H and O–H groups in total. The molecule has 13 rings (SSSR count). The van der Waals surface area contributed by atoms with Gasteiger partial charge < -0.3 is 9.80 Å². The molecule has 354 valence electrons. The van der Waals surface area contributed by atoms with Crippen molar-refractivity contribution in [1.29, 1.82) is 0 Å². The van der Waals surface area contributed by atoms with Crippen LogP contribution >= 0.6 is 0 Å². The lowest BCUT2D eigenvalue weighted by atomic mass is 9.67. The van der Waals surface area contributed by atoms with E-state index in [0.29, 0.717) is 0 Å². The maximum absolute atomic E-state index is 2.58. The number of fused-ring (bicyclic) bond motifs is 9. The average molecular weight is 941 g/mol. The molecule has 0 atom stereocenters. The average Bonchev–Trinajstić information content (AvgIpc) is 4.05. The van der Waals surface area contributed by atoms with Crippen molar-refractivity contribution in [3.05, 3.63) is 287 Å². The van der Waals surface area contributed by atoms with E-state index in [-0.39, 0.29) is 10.8 Å². The second kappa shape index (κ2) is 17.5. The summed E-state index contributed by atoms with van der Waals surface area (Å²) in [5, 5.41) is 0. The molecule has 0 aromatic heterocycles. The summed E-state index contributed by atoms with van der Waals surface area (Å²) in [4.78, 5) is 5.11. The Morgan fingerprint density at radius 2 is 0.644 bits per heavy atom. The summed E-state index contributed by atoms with van der Waals surface area (Å²) in [6, 6.07) is 91.9. The van der Waals surface area contributed by atoms with E-state index in [4.69, 9.17) is 0 Å². The second-order valence-electron chi connectivity index (χ2n) is 20.4. The zero-order valence-electron chi connectivity index (χ0n) is 42.3. The van der Waals surface area contributed by atoms with Crippen molar-refractivity contribution in [2.75, 3.05) is 9.80 Å². The zero-order chi connectivity index (χ0) is 49.3. The quantitative estimate of drug-likeness (QED) is 0.120. The number of rotatable bonds is 12. The normalized spacial score (nSPS) is 14.6. The minimum atomic E-state index is -0.651. The summed E-state index contributed by atoms with van der Waals surface area (Å²) in [6.45, 7) is 9.49. The van der Waals surface area contributed by atoms with E-state index in [9.17, 15) is 0 Å². The van der Waals surface area contributed by atoms with Crippen molar-refractivity contribution < 1.29 is 0 Å². The lowest BCUT2D eigenvalue weighted by molar-refractivity contribution is 0.490. The highest BCUT2D eigenvalue weighted by atomic mass is 15.2. The highest BCUT2D eigenvalue weighted by Crippen LogP contribution is 2.62. The SMILES string of the molecule is CCC1(CC)c2ccccc2-c2ccc(N(c3ccccc3)c3cc(N(c4ccccc4)c4ccc5c(c4)C(CC)(CC)c4ccccc4-5)c4c(c3)C(c3ccccc3)(c3ccccc3)c3ccccc3-4)cc21. The van der Waals surface area contributed by atoms with Gasteiger partial charge in [0.15, 0.2) is 0 Å². The molecule has 0 heterocycles. The van der Waals surface area contributed by atoms with Gasteiger partial charge in [-0.25, -0.2) is 0 Å². The van der Waals surface area contributed by atoms with Gasteiger partial charge in [0.25, 0.3) is 0 Å². The summed E-state index contributed by atoms with van der Waals surface area (Å²) in [7, 11) is 0. The molecular formula is C71H60N2. The summed E-state index contributed by atoms with van der Waals surface area (Å²) in [5.41, 5.74) is 24.5. The second-order valence-corrected chi connectivity index (χ2v) is 20.4. The molecule has 0 saturated heterocycles. The van der Waals surface area contributed by atoms with E-state index >= 15 is 0 Å². The predicted octanol–water partition coefficient (Wildman–Crippen LogP) is 19.2. The highest BCUT2D eigenvalue weighted by Gasteiger charge is 2.49. The van der Waals surface area contributed by atoms with E-state index in [0.717, 1.165) is 59.8 Å². The zero-order valence-corrected chi connectivity index (χ0v) is 42.3. The molecule has 10 aromatic carbocycles. The van der Waals surface area contributed by atoms with Gasteiger partial charge in [0.1, 0.15) is 0 Å². The van der Waals surface area contributed by atoms with Gasteiger partial charge in [-0.1, -0.05) is 210 Å². The van der Waals surface area contributed by atoms with Gasteiger partial charge in [0.2, 0.25) is 0 Å². The van der Waals surface area contributed by atoms with Crippen LogP contribution in [0.5, 0.6) is 0 Å². The maximum Gasteiger partial charge on any atom is 0.0715 e. The number of anilines is 6. The Bertz CT molecular complexity index is 3640. The Labute approximate surface area is 431 Å². The van der Waals surface area contributed by atoms with E-state index in [1.807, 2.05) is 0 Å². The van der Waals surface area contributed by atoms with Crippen molar-refractivity contribution in [1.82, 2.24) is 0 Å². The first-order chi connectivity index (χ1) is 36.0. The van der Waals surface area contributed by atoms with Gasteiger partial charge in [-0.3, -0.25) is 0 Å². The molecule has 73 heavy (non-hydrogen) atoms. The fourth-order valence-electron chi connectivity index (χ4n) is 14.1. The molecule has 10 aromatic rings. The monoisotopic (exact) mass is 940 g/mol. The van der Waals surface area contributed by atoms with Crippen LogP contribution in [0.25, 0.3) is 33.4 Å². The third kappa shape index (κ3) is 6.42. The Hall–Kier alpha value is -8.20. The molecule has 0 saturated carbocycles. The predicted molar refractivity (Wildman–Crippen MR) is 307 cm³/mol. The van der Waals surface area contributed by atoms with Gasteiger partial charge in [-0.15, -0.1) is 0 Å². The summed E-state index contributed by atoms with van der Waals surface area (Å²) >= 11 is 0. The number of benzene rings is 10. The molecule has 0 radical (unpaired) electrons. The van der Waals surface area contributed by atoms with Crippen molar-refractivity contribution >= 4 is 34.1 Å². The molecule has 0 fully saturated rings. The Morgan fingerprint density at radius 1 is 0.274 bits per heavy atom. The van der Waals surface area contributed by atoms with Crippen LogP contribution in [0.15, 0.2) is 243 Å². The summed E-state index contributed by atoms with van der Waals surface area (Å²) in [5.74, 6) is 0. The van der Waals surface area contributed by atoms with Crippen molar-refractivity contribution in [2.45, 2.75) is 69.6 Å². The third-order valence-corrected chi connectivity index (χ3v) is 17.5. The molecule has 3 aliphatic carbocycles. The van der Waals surface area contributed by atoms with E-state index < -0.39 is 5.41 Å². The van der Waals surface area contributed by atoms with Gasteiger partial charge in [0.05, 0.1) is 11.1 Å². The van der Waals surface area contributed by atoms with E-state index in [2.05, 4.69) is 280 Å². The first-order valence-electron chi connectivity index (χ1n) is 26.6. The summed E-state index contributed by atoms with van der Waals surface area (Å²) < 4.78 is 0. The van der Waals surface area contributed by atoms with Crippen LogP contribution in [-0.2, 0) is 16.2 Å². The molecule has 0 aliphatic heterocycles. The molecular weight excluding hydrogens is 881 g/mol. The molecule has 2 nitrogen and oxygen atoms in total. The number of nitrogens with zero attached hydrogens (tertiary/aromatic N) is 2. The van der Waals surface area contributed by atoms with Crippen molar-refractivity contribution in [3.63, 3.8) is 0 Å². The third-order valence-electron chi connectivity index (χ3n) is 17.5. The van der Waals surface area contributed by atoms with Crippen LogP contribution in [0.1, 0.15) is 97.9 Å². The van der Waals surface area contributed by atoms with Gasteiger partial charge in [0, 0.05) is 44.8 Å². The molecule has 0 spiro atoms. The fraction of sp³-hybridized carbons (Fsp3) is 0.155. The van der Waals surface area contributed by atoms with Crippen LogP contribution in [0.3, 0.4) is 0 Å². The molecule has 0 unspecified atom stereocenters.